The fourth-order valence-electron chi connectivity index (χ4n) is 1.57. The highest BCUT2D eigenvalue weighted by molar-refractivity contribution is 7.89. The predicted octanol–water partition coefficient (Wildman–Crippen LogP) is 1.62. The van der Waals surface area contributed by atoms with Crippen LogP contribution in [0.3, 0.4) is 0 Å². The normalized spacial score (nSPS) is 12.0. The Balaban J connectivity index is 2.67. The van der Waals surface area contributed by atoms with Crippen molar-refractivity contribution >= 4 is 21.6 Å². The van der Waals surface area contributed by atoms with Gasteiger partial charge in [0.2, 0.25) is 10.0 Å². The van der Waals surface area contributed by atoms with Gasteiger partial charge in [-0.25, -0.2) is 21.9 Å². The van der Waals surface area contributed by atoms with Crippen molar-refractivity contribution in [1.29, 1.82) is 0 Å². The maximum Gasteiger partial charge on any atom is 0.261 e. The molecule has 9 heteroatoms. The molecule has 21 heavy (non-hydrogen) atoms. The minimum atomic E-state index is -3.81. The summed E-state index contributed by atoms with van der Waals surface area (Å²) in [6.45, 7) is -0.476. The first-order valence-corrected chi connectivity index (χ1v) is 8.01. The van der Waals surface area contributed by atoms with E-state index in [0.717, 1.165) is 5.56 Å². The zero-order valence-corrected chi connectivity index (χ0v) is 13.0. The van der Waals surface area contributed by atoms with Crippen molar-refractivity contribution in [3.63, 3.8) is 0 Å². The molecule has 0 spiro atoms. The topological polar surface area (TPSA) is 67.4 Å². The number of rotatable bonds is 9. The van der Waals surface area contributed by atoms with Crippen molar-refractivity contribution < 1.29 is 21.9 Å². The summed E-state index contributed by atoms with van der Waals surface area (Å²) in [6, 6.07) is 4.67. The average Bonchev–Trinajstić information content (AvgIpc) is 2.40. The van der Waals surface area contributed by atoms with E-state index in [1.165, 1.54) is 12.1 Å². The number of nitrogens with one attached hydrogen (secondary N) is 2. The van der Waals surface area contributed by atoms with Gasteiger partial charge in [0.05, 0.1) is 11.6 Å². The number of sulfonamides is 1. The first kappa shape index (κ1) is 18.2. The third kappa shape index (κ3) is 6.23. The van der Waals surface area contributed by atoms with E-state index in [9.17, 15) is 17.2 Å². The minimum Gasteiger partial charge on any atom is -0.374 e. The maximum absolute atomic E-state index is 12.1. The SMILES string of the molecule is CNCc1ccc(Cl)c(S(=O)(=O)NCCOCC(F)F)c1. The summed E-state index contributed by atoms with van der Waals surface area (Å²) in [5.41, 5.74) is 0.760. The Morgan fingerprint density at radius 2 is 2.10 bits per heavy atom. The zero-order chi connectivity index (χ0) is 15.9. The Morgan fingerprint density at radius 1 is 1.38 bits per heavy atom. The van der Waals surface area contributed by atoms with Crippen LogP contribution < -0.4 is 10.0 Å². The molecular formula is C12H17ClF2N2O3S. The van der Waals surface area contributed by atoms with Crippen LogP contribution in [-0.2, 0) is 21.3 Å². The molecule has 0 atom stereocenters. The molecule has 1 rings (SSSR count). The highest BCUT2D eigenvalue weighted by Gasteiger charge is 2.18. The Morgan fingerprint density at radius 3 is 2.71 bits per heavy atom. The molecule has 0 heterocycles. The molecule has 0 bridgehead atoms. The molecule has 0 saturated heterocycles. The van der Waals surface area contributed by atoms with Gasteiger partial charge in [-0.2, -0.15) is 0 Å². The van der Waals surface area contributed by atoms with Crippen LogP contribution >= 0.6 is 11.6 Å². The number of hydrogen-bond acceptors (Lipinski definition) is 4. The van der Waals surface area contributed by atoms with Crippen LogP contribution in [0.2, 0.25) is 5.02 Å². The molecule has 0 radical (unpaired) electrons. The molecule has 120 valence electrons. The van der Waals surface area contributed by atoms with Gasteiger partial charge >= 0.3 is 0 Å². The highest BCUT2D eigenvalue weighted by atomic mass is 35.5. The van der Waals surface area contributed by atoms with Gasteiger partial charge in [-0.05, 0) is 24.7 Å². The molecule has 5 nitrogen and oxygen atoms in total. The van der Waals surface area contributed by atoms with Crippen molar-refractivity contribution in [3.05, 3.63) is 28.8 Å². The van der Waals surface area contributed by atoms with Crippen molar-refractivity contribution in [2.45, 2.75) is 17.9 Å². The summed E-state index contributed by atoms with van der Waals surface area (Å²) in [4.78, 5) is -0.0502. The Labute approximate surface area is 127 Å². The molecule has 0 aliphatic rings. The highest BCUT2D eigenvalue weighted by Crippen LogP contribution is 2.22. The van der Waals surface area contributed by atoms with Crippen molar-refractivity contribution in [3.8, 4) is 0 Å². The molecule has 0 fully saturated rings. The van der Waals surface area contributed by atoms with Crippen molar-refractivity contribution in [2.24, 2.45) is 0 Å². The molecule has 1 aromatic rings. The van der Waals surface area contributed by atoms with Crippen LogP contribution in [0.5, 0.6) is 0 Å². The fourth-order valence-corrected chi connectivity index (χ4v) is 3.13. The molecule has 0 aliphatic carbocycles. The molecule has 1 aromatic carbocycles. The lowest BCUT2D eigenvalue weighted by Gasteiger charge is -2.10. The van der Waals surface area contributed by atoms with E-state index in [1.54, 1.807) is 13.1 Å². The largest absolute Gasteiger partial charge is 0.374 e. The number of benzene rings is 1. The lowest BCUT2D eigenvalue weighted by Crippen LogP contribution is -2.28. The summed E-state index contributed by atoms with van der Waals surface area (Å²) < 4.78 is 54.7. The number of alkyl halides is 2. The fraction of sp³-hybridized carbons (Fsp3) is 0.500. The molecule has 0 unspecified atom stereocenters. The van der Waals surface area contributed by atoms with Gasteiger partial charge in [0.1, 0.15) is 11.5 Å². The Kier molecular flexibility index (Phi) is 7.47. The van der Waals surface area contributed by atoms with Crippen LogP contribution in [0.1, 0.15) is 5.56 Å². The molecular weight excluding hydrogens is 326 g/mol. The average molecular weight is 343 g/mol. The summed E-state index contributed by atoms with van der Waals surface area (Å²) in [6.07, 6.45) is -2.57. The van der Waals surface area contributed by atoms with E-state index in [-0.39, 0.29) is 23.1 Å². The van der Waals surface area contributed by atoms with Gasteiger partial charge < -0.3 is 10.1 Å². The van der Waals surface area contributed by atoms with Gasteiger partial charge in [-0.1, -0.05) is 17.7 Å². The number of halogens is 3. The molecule has 0 amide bonds. The van der Waals surface area contributed by atoms with E-state index in [4.69, 9.17) is 11.6 Å². The second-order valence-electron chi connectivity index (χ2n) is 4.16. The summed E-state index contributed by atoms with van der Waals surface area (Å²) in [5, 5.41) is 3.00. The van der Waals surface area contributed by atoms with Gasteiger partial charge in [-0.15, -0.1) is 0 Å². The van der Waals surface area contributed by atoms with Crippen LogP contribution in [0, 0.1) is 0 Å². The summed E-state index contributed by atoms with van der Waals surface area (Å²) in [5.74, 6) is 0. The Hall–Kier alpha value is -0.800. The van der Waals surface area contributed by atoms with Gasteiger partial charge in [-0.3, -0.25) is 0 Å². The smallest absolute Gasteiger partial charge is 0.261 e. The van der Waals surface area contributed by atoms with Crippen LogP contribution in [0.25, 0.3) is 0 Å². The first-order chi connectivity index (χ1) is 9.86. The molecule has 2 N–H and O–H groups in total. The van der Waals surface area contributed by atoms with E-state index < -0.39 is 23.1 Å². The van der Waals surface area contributed by atoms with E-state index in [2.05, 4.69) is 14.8 Å². The lowest BCUT2D eigenvalue weighted by molar-refractivity contribution is 0.0199. The van der Waals surface area contributed by atoms with E-state index >= 15 is 0 Å². The second-order valence-corrected chi connectivity index (χ2v) is 6.30. The number of hydrogen-bond donors (Lipinski definition) is 2. The van der Waals surface area contributed by atoms with Crippen molar-refractivity contribution in [2.75, 3.05) is 26.8 Å². The van der Waals surface area contributed by atoms with Gasteiger partial charge in [0, 0.05) is 13.1 Å². The van der Waals surface area contributed by atoms with Crippen LogP contribution in [-0.4, -0.2) is 41.6 Å². The molecule has 0 saturated carbocycles. The minimum absolute atomic E-state index is 0.0502. The maximum atomic E-state index is 12.1. The predicted molar refractivity (Wildman–Crippen MR) is 76.2 cm³/mol. The van der Waals surface area contributed by atoms with Crippen LogP contribution in [0.4, 0.5) is 8.78 Å². The third-order valence-electron chi connectivity index (χ3n) is 2.45. The van der Waals surface area contributed by atoms with Crippen molar-refractivity contribution in [1.82, 2.24) is 10.0 Å². The second kappa shape index (κ2) is 8.60. The zero-order valence-electron chi connectivity index (χ0n) is 11.4. The van der Waals surface area contributed by atoms with Gasteiger partial charge in [0.25, 0.3) is 6.43 Å². The van der Waals surface area contributed by atoms with Gasteiger partial charge in [0.15, 0.2) is 0 Å². The summed E-state index contributed by atoms with van der Waals surface area (Å²) >= 11 is 5.89. The monoisotopic (exact) mass is 342 g/mol. The lowest BCUT2D eigenvalue weighted by atomic mass is 10.2. The van der Waals surface area contributed by atoms with Crippen LogP contribution in [0.15, 0.2) is 23.1 Å². The first-order valence-electron chi connectivity index (χ1n) is 6.15. The third-order valence-corrected chi connectivity index (χ3v) is 4.39. The Bertz CT molecular complexity index is 555. The standard InChI is InChI=1S/C12H17ClF2N2O3S/c1-16-7-9-2-3-10(13)11(6-9)21(18,19)17-4-5-20-8-12(14)15/h2-3,6,12,16-17H,4-5,7-8H2,1H3. The number of ether oxygens (including phenoxy) is 1. The molecule has 0 aliphatic heterocycles. The quantitative estimate of drug-likeness (QED) is 0.669. The molecule has 0 aromatic heterocycles. The van der Waals surface area contributed by atoms with E-state index in [1.807, 2.05) is 0 Å². The van der Waals surface area contributed by atoms with E-state index in [0.29, 0.717) is 6.54 Å². The summed E-state index contributed by atoms with van der Waals surface area (Å²) in [7, 11) is -2.07.